The quantitative estimate of drug-likeness (QED) is 0.689. The lowest BCUT2D eigenvalue weighted by Crippen LogP contribution is -2.22. The minimum absolute atomic E-state index is 0.0435. The van der Waals surface area contributed by atoms with Crippen LogP contribution in [0, 0.1) is 0 Å². The summed E-state index contributed by atoms with van der Waals surface area (Å²) < 4.78 is 0. The van der Waals surface area contributed by atoms with Gasteiger partial charge >= 0.3 is 0 Å². The molecule has 5 heteroatoms. The molecule has 0 bridgehead atoms. The Balaban J connectivity index is 2.28. The van der Waals surface area contributed by atoms with Gasteiger partial charge in [0, 0.05) is 17.7 Å². The highest BCUT2D eigenvalue weighted by molar-refractivity contribution is 7.80. The molecule has 0 saturated carbocycles. The number of nitrogens with zero attached hydrogens (tertiary/aromatic N) is 1. The molecular formula is C16H25N3OS. The van der Waals surface area contributed by atoms with Gasteiger partial charge in [-0.25, -0.2) is 0 Å². The maximum absolute atomic E-state index is 11.8. The number of hydrogen-bond donors (Lipinski definition) is 2. The highest BCUT2D eigenvalue weighted by atomic mass is 32.1. The molecule has 0 saturated heterocycles. The third-order valence-corrected chi connectivity index (χ3v) is 3.53. The molecule has 21 heavy (non-hydrogen) atoms. The molecule has 0 radical (unpaired) electrons. The van der Waals surface area contributed by atoms with E-state index in [2.05, 4.69) is 24.2 Å². The number of nitrogens with one attached hydrogen (secondary N) is 1. The monoisotopic (exact) mass is 307 g/mol. The van der Waals surface area contributed by atoms with Crippen LogP contribution >= 0.6 is 12.2 Å². The Kier molecular flexibility index (Phi) is 7.93. The van der Waals surface area contributed by atoms with Crippen LogP contribution in [0.4, 0.5) is 5.69 Å². The van der Waals surface area contributed by atoms with Crippen molar-refractivity contribution in [3.8, 4) is 0 Å². The summed E-state index contributed by atoms with van der Waals surface area (Å²) in [6.07, 6.45) is 3.82. The number of unbranched alkanes of at least 4 members (excludes halogenated alkanes) is 1. The van der Waals surface area contributed by atoms with Gasteiger partial charge in [0.1, 0.15) is 4.99 Å². The molecule has 0 spiro atoms. The maximum Gasteiger partial charge on any atom is 0.224 e. The molecule has 0 aliphatic heterocycles. The van der Waals surface area contributed by atoms with Crippen molar-refractivity contribution in [2.24, 2.45) is 5.73 Å². The second-order valence-electron chi connectivity index (χ2n) is 5.25. The van der Waals surface area contributed by atoms with Crippen LogP contribution in [0.15, 0.2) is 24.3 Å². The van der Waals surface area contributed by atoms with Crippen LogP contribution in [-0.2, 0) is 4.79 Å². The first-order chi connectivity index (χ1) is 10.0. The second-order valence-corrected chi connectivity index (χ2v) is 5.69. The summed E-state index contributed by atoms with van der Waals surface area (Å²) in [5.41, 5.74) is 7.12. The van der Waals surface area contributed by atoms with Gasteiger partial charge in [0.2, 0.25) is 5.91 Å². The van der Waals surface area contributed by atoms with Crippen molar-refractivity contribution in [2.75, 3.05) is 25.5 Å². The Morgan fingerprint density at radius 2 is 1.86 bits per heavy atom. The molecule has 0 aromatic heterocycles. The van der Waals surface area contributed by atoms with E-state index in [0.29, 0.717) is 11.4 Å². The van der Waals surface area contributed by atoms with Gasteiger partial charge in [0.05, 0.1) is 0 Å². The Morgan fingerprint density at radius 1 is 1.24 bits per heavy atom. The van der Waals surface area contributed by atoms with Gasteiger partial charge in [-0.1, -0.05) is 25.6 Å². The summed E-state index contributed by atoms with van der Waals surface area (Å²) in [7, 11) is 2.10. The zero-order valence-corrected chi connectivity index (χ0v) is 13.7. The lowest BCUT2D eigenvalue weighted by molar-refractivity contribution is -0.116. The number of benzene rings is 1. The maximum atomic E-state index is 11.8. The minimum atomic E-state index is 0.0435. The van der Waals surface area contributed by atoms with Crippen LogP contribution in [0.1, 0.15) is 38.2 Å². The van der Waals surface area contributed by atoms with E-state index in [-0.39, 0.29) is 5.91 Å². The van der Waals surface area contributed by atoms with Crippen molar-refractivity contribution in [2.45, 2.75) is 32.6 Å². The van der Waals surface area contributed by atoms with Crippen molar-refractivity contribution in [3.05, 3.63) is 29.8 Å². The van der Waals surface area contributed by atoms with Gasteiger partial charge in [-0.15, -0.1) is 0 Å². The fourth-order valence-electron chi connectivity index (χ4n) is 1.99. The van der Waals surface area contributed by atoms with Gasteiger partial charge in [-0.05, 0) is 57.2 Å². The second kappa shape index (κ2) is 9.47. The van der Waals surface area contributed by atoms with Crippen LogP contribution in [-0.4, -0.2) is 35.9 Å². The smallest absolute Gasteiger partial charge is 0.224 e. The summed E-state index contributed by atoms with van der Waals surface area (Å²) in [6.45, 7) is 4.23. The number of anilines is 1. The number of thiocarbonyl (C=S) groups is 1. The number of amides is 1. The molecular weight excluding hydrogens is 282 g/mol. The van der Waals surface area contributed by atoms with E-state index in [1.807, 2.05) is 24.3 Å². The average molecular weight is 307 g/mol. The minimum Gasteiger partial charge on any atom is -0.389 e. The van der Waals surface area contributed by atoms with E-state index < -0.39 is 0 Å². The topological polar surface area (TPSA) is 58.4 Å². The molecule has 0 aliphatic rings. The number of carbonyl (C=O) groups excluding carboxylic acids is 1. The zero-order chi connectivity index (χ0) is 15.7. The molecule has 1 aromatic rings. The molecule has 0 atom stereocenters. The number of rotatable bonds is 9. The molecule has 0 heterocycles. The fraction of sp³-hybridized carbons (Fsp3) is 0.500. The van der Waals surface area contributed by atoms with Crippen molar-refractivity contribution in [1.29, 1.82) is 0 Å². The summed E-state index contributed by atoms with van der Waals surface area (Å²) in [4.78, 5) is 14.5. The Hall–Kier alpha value is -1.46. The Bertz CT molecular complexity index is 459. The average Bonchev–Trinajstić information content (AvgIpc) is 2.45. The molecule has 0 aliphatic carbocycles. The molecule has 0 unspecified atom stereocenters. The van der Waals surface area contributed by atoms with Gasteiger partial charge in [-0.3, -0.25) is 4.79 Å². The van der Waals surface area contributed by atoms with E-state index >= 15 is 0 Å². The first kappa shape index (κ1) is 17.6. The summed E-state index contributed by atoms with van der Waals surface area (Å²) >= 11 is 4.89. The molecule has 0 fully saturated rings. The van der Waals surface area contributed by atoms with Crippen molar-refractivity contribution < 1.29 is 4.79 Å². The number of carbonyl (C=O) groups is 1. The third kappa shape index (κ3) is 7.20. The first-order valence-electron chi connectivity index (χ1n) is 7.41. The van der Waals surface area contributed by atoms with Crippen LogP contribution in [0.5, 0.6) is 0 Å². The predicted octanol–water partition coefficient (Wildman–Crippen LogP) is 2.77. The molecule has 1 rings (SSSR count). The van der Waals surface area contributed by atoms with E-state index in [0.717, 1.165) is 30.8 Å². The van der Waals surface area contributed by atoms with E-state index in [4.69, 9.17) is 18.0 Å². The fourth-order valence-corrected chi connectivity index (χ4v) is 2.13. The van der Waals surface area contributed by atoms with E-state index in [9.17, 15) is 4.79 Å². The molecule has 3 N–H and O–H groups in total. The Morgan fingerprint density at radius 3 is 2.43 bits per heavy atom. The molecule has 116 valence electrons. The van der Waals surface area contributed by atoms with E-state index in [1.165, 1.54) is 12.8 Å². The Labute approximate surface area is 132 Å². The number of nitrogens with two attached hydrogens (primary N) is 1. The number of hydrogen-bond acceptors (Lipinski definition) is 3. The molecule has 1 amide bonds. The van der Waals surface area contributed by atoms with Crippen LogP contribution in [0.3, 0.4) is 0 Å². The first-order valence-corrected chi connectivity index (χ1v) is 7.82. The van der Waals surface area contributed by atoms with Crippen LogP contribution < -0.4 is 11.1 Å². The van der Waals surface area contributed by atoms with Gasteiger partial charge in [-0.2, -0.15) is 0 Å². The highest BCUT2D eigenvalue weighted by Crippen LogP contribution is 2.10. The van der Waals surface area contributed by atoms with Crippen LogP contribution in [0.25, 0.3) is 0 Å². The van der Waals surface area contributed by atoms with Gasteiger partial charge in [0.25, 0.3) is 0 Å². The lowest BCUT2D eigenvalue weighted by Gasteiger charge is -2.15. The molecule has 1 aromatic carbocycles. The highest BCUT2D eigenvalue weighted by Gasteiger charge is 2.04. The van der Waals surface area contributed by atoms with Crippen LogP contribution in [0.2, 0.25) is 0 Å². The molecule has 4 nitrogen and oxygen atoms in total. The summed E-state index contributed by atoms with van der Waals surface area (Å²) in [5, 5.41) is 2.88. The van der Waals surface area contributed by atoms with E-state index in [1.54, 1.807) is 0 Å². The van der Waals surface area contributed by atoms with Gasteiger partial charge in [0.15, 0.2) is 0 Å². The normalized spacial score (nSPS) is 10.6. The predicted molar refractivity (Wildman–Crippen MR) is 92.6 cm³/mol. The standard InChI is InChI=1S/C16H25N3OS/c1-3-4-11-19(2)12-5-6-15(20)18-14-9-7-13(8-10-14)16(17)21/h7-10H,3-6,11-12H2,1-2H3,(H2,17,21)(H,18,20). The van der Waals surface area contributed by atoms with Gasteiger partial charge < -0.3 is 16.0 Å². The van der Waals surface area contributed by atoms with Crippen molar-refractivity contribution in [3.63, 3.8) is 0 Å². The summed E-state index contributed by atoms with van der Waals surface area (Å²) in [5.74, 6) is 0.0435. The SMILES string of the molecule is CCCCN(C)CCCC(=O)Nc1ccc(C(N)=S)cc1. The zero-order valence-electron chi connectivity index (χ0n) is 12.9. The largest absolute Gasteiger partial charge is 0.389 e. The third-order valence-electron chi connectivity index (χ3n) is 3.29. The lowest BCUT2D eigenvalue weighted by atomic mass is 10.2. The van der Waals surface area contributed by atoms with Crippen molar-refractivity contribution >= 4 is 28.8 Å². The van der Waals surface area contributed by atoms with Crippen molar-refractivity contribution in [1.82, 2.24) is 4.90 Å². The summed E-state index contributed by atoms with van der Waals surface area (Å²) in [6, 6.07) is 7.27.